The Morgan fingerprint density at radius 3 is 1.35 bits per heavy atom. The third-order valence-electron chi connectivity index (χ3n) is 2.47. The third-order valence-corrected chi connectivity index (χ3v) is 7.12. The van der Waals surface area contributed by atoms with Gasteiger partial charge in [-0.15, -0.1) is 0 Å². The van der Waals surface area contributed by atoms with Crippen LogP contribution < -0.4 is 0 Å². The van der Waals surface area contributed by atoms with E-state index in [4.69, 9.17) is 9.47 Å². The molecule has 0 aromatic rings. The molecule has 1 saturated heterocycles. The molecule has 0 atom stereocenters. The largest absolute Gasteiger partial charge is 0.376 e. The number of ether oxygens (including phenoxy) is 2. The van der Waals surface area contributed by atoms with Gasteiger partial charge in [-0.05, 0) is 5.57 Å². The van der Waals surface area contributed by atoms with Gasteiger partial charge in [0.25, 0.3) is 0 Å². The summed E-state index contributed by atoms with van der Waals surface area (Å²) in [7, 11) is 0. The molecular formula is C14H26O2S4. The van der Waals surface area contributed by atoms with Gasteiger partial charge in [-0.25, -0.2) is 0 Å². The molecule has 1 aliphatic heterocycles. The summed E-state index contributed by atoms with van der Waals surface area (Å²) in [6.07, 6.45) is 0. The van der Waals surface area contributed by atoms with E-state index in [1.54, 1.807) is 0 Å². The van der Waals surface area contributed by atoms with E-state index in [9.17, 15) is 0 Å². The van der Waals surface area contributed by atoms with Crippen LogP contribution >= 0.6 is 47.0 Å². The fourth-order valence-corrected chi connectivity index (χ4v) is 5.59. The smallest absolute Gasteiger partial charge is 0.0696 e. The minimum atomic E-state index is 0.638. The molecule has 0 radical (unpaired) electrons. The van der Waals surface area contributed by atoms with Crippen molar-refractivity contribution in [2.75, 3.05) is 72.5 Å². The lowest BCUT2D eigenvalue weighted by Crippen LogP contribution is -2.08. The fourth-order valence-electron chi connectivity index (χ4n) is 1.47. The summed E-state index contributed by atoms with van der Waals surface area (Å²) >= 11 is 8.12. The van der Waals surface area contributed by atoms with E-state index in [2.05, 4.69) is 30.1 Å². The fraction of sp³-hybridized carbons (Fsp3) is 0.857. The van der Waals surface area contributed by atoms with E-state index in [0.717, 1.165) is 30.3 Å². The molecule has 0 aromatic heterocycles. The molecule has 1 heterocycles. The molecule has 1 aliphatic rings. The van der Waals surface area contributed by atoms with Crippen molar-refractivity contribution < 1.29 is 9.47 Å². The lowest BCUT2D eigenvalue weighted by Gasteiger charge is -2.08. The predicted molar refractivity (Wildman–Crippen MR) is 100 cm³/mol. The molecule has 0 spiro atoms. The molecule has 1 fully saturated rings. The Hall–Kier alpha value is 1.06. The highest BCUT2D eigenvalue weighted by Crippen LogP contribution is 2.12. The molecule has 118 valence electrons. The zero-order chi connectivity index (χ0) is 14.3. The molecular weight excluding hydrogens is 328 g/mol. The second-order valence-corrected chi connectivity index (χ2v) is 9.20. The van der Waals surface area contributed by atoms with E-state index in [-0.39, 0.29) is 0 Å². The molecule has 1 rings (SSSR count). The maximum absolute atomic E-state index is 5.60. The van der Waals surface area contributed by atoms with Crippen molar-refractivity contribution in [2.24, 2.45) is 0 Å². The van der Waals surface area contributed by atoms with Crippen molar-refractivity contribution in [3.8, 4) is 0 Å². The molecule has 6 heteroatoms. The van der Waals surface area contributed by atoms with E-state index >= 15 is 0 Å². The highest BCUT2D eigenvalue weighted by atomic mass is 32.2. The molecule has 0 amide bonds. The van der Waals surface area contributed by atoms with Crippen LogP contribution in [0.25, 0.3) is 0 Å². The van der Waals surface area contributed by atoms with E-state index < -0.39 is 0 Å². The predicted octanol–water partition coefficient (Wildman–Crippen LogP) is 3.52. The minimum absolute atomic E-state index is 0.638. The van der Waals surface area contributed by atoms with Crippen molar-refractivity contribution >= 4 is 47.0 Å². The standard InChI is InChI=1S/C14H26O2S4/c1-14-12-15-2-4-17-6-8-19-10-11-20-9-7-18-5-3-16-13-14/h1-13H2. The highest BCUT2D eigenvalue weighted by Gasteiger charge is 1.98. The van der Waals surface area contributed by atoms with Crippen LogP contribution in [0.2, 0.25) is 0 Å². The van der Waals surface area contributed by atoms with Crippen LogP contribution in [0.1, 0.15) is 0 Å². The van der Waals surface area contributed by atoms with E-state index in [1.807, 2.05) is 23.5 Å². The lowest BCUT2D eigenvalue weighted by molar-refractivity contribution is 0.134. The number of hydrogen-bond acceptors (Lipinski definition) is 6. The van der Waals surface area contributed by atoms with Crippen molar-refractivity contribution in [3.05, 3.63) is 12.2 Å². The van der Waals surface area contributed by atoms with E-state index in [1.165, 1.54) is 34.5 Å². The van der Waals surface area contributed by atoms with Gasteiger partial charge in [-0.3, -0.25) is 0 Å². The van der Waals surface area contributed by atoms with Gasteiger partial charge in [0.15, 0.2) is 0 Å². The van der Waals surface area contributed by atoms with Crippen LogP contribution in [0, 0.1) is 0 Å². The summed E-state index contributed by atoms with van der Waals surface area (Å²) in [6.45, 7) is 6.90. The van der Waals surface area contributed by atoms with Gasteiger partial charge in [0, 0.05) is 46.0 Å². The van der Waals surface area contributed by atoms with Crippen LogP contribution in [0.3, 0.4) is 0 Å². The van der Waals surface area contributed by atoms with Crippen molar-refractivity contribution in [2.45, 2.75) is 0 Å². The summed E-state index contributed by atoms with van der Waals surface area (Å²) in [5.74, 6) is 9.74. The Morgan fingerprint density at radius 1 is 0.600 bits per heavy atom. The van der Waals surface area contributed by atoms with Gasteiger partial charge in [-0.1, -0.05) is 6.58 Å². The molecule has 20 heavy (non-hydrogen) atoms. The Morgan fingerprint density at radius 2 is 0.950 bits per heavy atom. The Balaban J connectivity index is 2.10. The Labute approximate surface area is 141 Å². The van der Waals surface area contributed by atoms with Crippen molar-refractivity contribution in [3.63, 3.8) is 0 Å². The molecule has 0 saturated carbocycles. The Bertz CT molecular complexity index is 217. The van der Waals surface area contributed by atoms with Crippen LogP contribution in [0.15, 0.2) is 12.2 Å². The first-order valence-corrected chi connectivity index (χ1v) is 11.6. The van der Waals surface area contributed by atoms with Gasteiger partial charge in [0.2, 0.25) is 0 Å². The maximum Gasteiger partial charge on any atom is 0.0696 e. The van der Waals surface area contributed by atoms with Crippen molar-refractivity contribution in [1.29, 1.82) is 0 Å². The minimum Gasteiger partial charge on any atom is -0.376 e. The molecule has 0 unspecified atom stereocenters. The first-order valence-electron chi connectivity index (χ1n) is 7.02. The van der Waals surface area contributed by atoms with Crippen LogP contribution in [0.5, 0.6) is 0 Å². The number of rotatable bonds is 0. The first kappa shape index (κ1) is 19.1. The van der Waals surface area contributed by atoms with E-state index in [0.29, 0.717) is 13.2 Å². The van der Waals surface area contributed by atoms with Gasteiger partial charge in [0.1, 0.15) is 0 Å². The highest BCUT2D eigenvalue weighted by molar-refractivity contribution is 8.05. The second-order valence-electron chi connectivity index (χ2n) is 4.30. The topological polar surface area (TPSA) is 18.5 Å². The zero-order valence-corrected chi connectivity index (χ0v) is 15.4. The summed E-state index contributed by atoms with van der Waals surface area (Å²) in [5, 5.41) is 0. The molecule has 0 bridgehead atoms. The molecule has 0 N–H and O–H groups in total. The molecule has 0 aromatic carbocycles. The molecule has 0 aliphatic carbocycles. The monoisotopic (exact) mass is 354 g/mol. The van der Waals surface area contributed by atoms with Gasteiger partial charge in [0.05, 0.1) is 26.4 Å². The Kier molecular flexibility index (Phi) is 14.3. The zero-order valence-electron chi connectivity index (χ0n) is 12.1. The van der Waals surface area contributed by atoms with Crippen LogP contribution in [-0.4, -0.2) is 72.5 Å². The summed E-state index contributed by atoms with van der Waals surface area (Å²) in [6, 6.07) is 0. The lowest BCUT2D eigenvalue weighted by atomic mass is 10.3. The SMILES string of the molecule is C=C1COCCSCCSCCSCCSCCOC1. The van der Waals surface area contributed by atoms with Crippen LogP contribution in [0.4, 0.5) is 0 Å². The average molecular weight is 355 g/mol. The summed E-state index contributed by atoms with van der Waals surface area (Å²) in [4.78, 5) is 0. The maximum atomic E-state index is 5.60. The third kappa shape index (κ3) is 12.8. The van der Waals surface area contributed by atoms with Gasteiger partial charge < -0.3 is 9.47 Å². The summed E-state index contributed by atoms with van der Waals surface area (Å²) < 4.78 is 11.2. The summed E-state index contributed by atoms with van der Waals surface area (Å²) in [5.41, 5.74) is 1.05. The van der Waals surface area contributed by atoms with Gasteiger partial charge >= 0.3 is 0 Å². The first-order chi connectivity index (χ1) is 9.89. The quantitative estimate of drug-likeness (QED) is 0.615. The van der Waals surface area contributed by atoms with Crippen LogP contribution in [-0.2, 0) is 9.47 Å². The number of hydrogen-bond donors (Lipinski definition) is 0. The molecule has 2 nitrogen and oxygen atoms in total. The number of thioether (sulfide) groups is 4. The van der Waals surface area contributed by atoms with Gasteiger partial charge in [-0.2, -0.15) is 47.0 Å². The second kappa shape index (κ2) is 15.0. The normalized spacial score (nSPS) is 23.5. The van der Waals surface area contributed by atoms with Crippen molar-refractivity contribution in [1.82, 2.24) is 0 Å². The average Bonchev–Trinajstić information content (AvgIpc) is 2.45.